The summed E-state index contributed by atoms with van der Waals surface area (Å²) in [5, 5.41) is 2.67. The van der Waals surface area contributed by atoms with Gasteiger partial charge in [-0.2, -0.15) is 0 Å². The summed E-state index contributed by atoms with van der Waals surface area (Å²) >= 11 is 0. The fourth-order valence-corrected chi connectivity index (χ4v) is 2.39. The van der Waals surface area contributed by atoms with Gasteiger partial charge in [-0.3, -0.25) is 14.6 Å². The smallest absolute Gasteiger partial charge is 0.233 e. The predicted molar refractivity (Wildman–Crippen MR) is 81.9 cm³/mol. The van der Waals surface area contributed by atoms with Gasteiger partial charge in [-0.1, -0.05) is 13.8 Å². The van der Waals surface area contributed by atoms with Crippen LogP contribution in [0.25, 0.3) is 0 Å². The van der Waals surface area contributed by atoms with Gasteiger partial charge in [0.2, 0.25) is 5.91 Å². The number of piperazine rings is 1. The van der Waals surface area contributed by atoms with E-state index in [2.05, 4.69) is 38.9 Å². The molecule has 1 aliphatic rings. The molecule has 1 N–H and O–H groups in total. The van der Waals surface area contributed by atoms with E-state index in [0.29, 0.717) is 12.5 Å². The molecule has 0 bridgehead atoms. The van der Waals surface area contributed by atoms with E-state index in [4.69, 9.17) is 0 Å². The first-order valence-electron chi connectivity index (χ1n) is 7.54. The molecular formula is C15H25N5O. The second kappa shape index (κ2) is 7.47. The Labute approximate surface area is 126 Å². The number of amides is 1. The van der Waals surface area contributed by atoms with E-state index in [1.54, 1.807) is 7.05 Å². The third-order valence-electron chi connectivity index (χ3n) is 3.76. The van der Waals surface area contributed by atoms with Gasteiger partial charge in [0.25, 0.3) is 0 Å². The molecule has 1 aromatic rings. The minimum atomic E-state index is 0.0844. The first kappa shape index (κ1) is 15.9. The number of carbonyl (C=O) groups is 1. The number of carbonyl (C=O) groups excluding carboxylic acids is 1. The van der Waals surface area contributed by atoms with Crippen molar-refractivity contribution in [3.05, 3.63) is 23.8 Å². The van der Waals surface area contributed by atoms with Crippen LogP contribution < -0.4 is 5.32 Å². The molecule has 6 nitrogen and oxygen atoms in total. The molecule has 0 unspecified atom stereocenters. The second-order valence-electron chi connectivity index (χ2n) is 5.83. The lowest BCUT2D eigenvalue weighted by Gasteiger charge is -2.34. The lowest BCUT2D eigenvalue weighted by atomic mass is 10.2. The Balaban J connectivity index is 1.79. The molecule has 1 fully saturated rings. The minimum Gasteiger partial charge on any atom is -0.358 e. The number of likely N-dealkylation sites (N-methyl/N-ethyl adjacent to an activating group) is 1. The molecule has 0 aromatic carbocycles. The van der Waals surface area contributed by atoms with Crippen LogP contribution in [0.15, 0.2) is 12.4 Å². The van der Waals surface area contributed by atoms with Crippen LogP contribution >= 0.6 is 0 Å². The molecule has 2 rings (SSSR count). The van der Waals surface area contributed by atoms with Crippen molar-refractivity contribution in [1.29, 1.82) is 0 Å². The van der Waals surface area contributed by atoms with Crippen molar-refractivity contribution in [1.82, 2.24) is 25.1 Å². The van der Waals surface area contributed by atoms with E-state index >= 15 is 0 Å². The molecule has 1 amide bonds. The molecule has 0 radical (unpaired) electrons. The van der Waals surface area contributed by atoms with Crippen LogP contribution in [0.5, 0.6) is 0 Å². The van der Waals surface area contributed by atoms with Gasteiger partial charge in [-0.05, 0) is 0 Å². The Morgan fingerprint density at radius 3 is 2.29 bits per heavy atom. The maximum absolute atomic E-state index is 11.4. The standard InChI is InChI=1S/C15H25N5O/c1-12(2)15-17-8-13(9-18-15)10-19-4-6-20(7-5-19)11-14(21)16-3/h8-9,12H,4-7,10-11H2,1-3H3,(H,16,21). The Bertz CT molecular complexity index is 452. The van der Waals surface area contributed by atoms with Crippen molar-refractivity contribution < 1.29 is 4.79 Å². The fraction of sp³-hybridized carbons (Fsp3) is 0.667. The summed E-state index contributed by atoms with van der Waals surface area (Å²) in [5.41, 5.74) is 1.15. The molecular weight excluding hydrogens is 266 g/mol. The van der Waals surface area contributed by atoms with Gasteiger partial charge in [-0.25, -0.2) is 9.97 Å². The maximum Gasteiger partial charge on any atom is 0.233 e. The van der Waals surface area contributed by atoms with E-state index in [1.165, 1.54) is 0 Å². The molecule has 0 atom stereocenters. The van der Waals surface area contributed by atoms with Gasteiger partial charge < -0.3 is 5.32 Å². The number of aromatic nitrogens is 2. The van der Waals surface area contributed by atoms with E-state index in [9.17, 15) is 4.79 Å². The summed E-state index contributed by atoms with van der Waals surface area (Å²) in [6.07, 6.45) is 3.86. The van der Waals surface area contributed by atoms with Crippen LogP contribution in [0.1, 0.15) is 31.2 Å². The zero-order valence-electron chi connectivity index (χ0n) is 13.2. The normalized spacial score (nSPS) is 17.1. The lowest BCUT2D eigenvalue weighted by molar-refractivity contribution is -0.122. The Morgan fingerprint density at radius 2 is 1.76 bits per heavy atom. The van der Waals surface area contributed by atoms with Crippen molar-refractivity contribution in [3.8, 4) is 0 Å². The van der Waals surface area contributed by atoms with Crippen molar-refractivity contribution >= 4 is 5.91 Å². The summed E-state index contributed by atoms with van der Waals surface area (Å²) in [6, 6.07) is 0. The van der Waals surface area contributed by atoms with Crippen LogP contribution in [0.3, 0.4) is 0 Å². The Kier molecular flexibility index (Phi) is 5.64. The molecule has 1 saturated heterocycles. The number of nitrogens with zero attached hydrogens (tertiary/aromatic N) is 4. The van der Waals surface area contributed by atoms with E-state index in [-0.39, 0.29) is 5.91 Å². The van der Waals surface area contributed by atoms with Crippen molar-refractivity contribution in [3.63, 3.8) is 0 Å². The summed E-state index contributed by atoms with van der Waals surface area (Å²) in [5.74, 6) is 1.35. The third-order valence-corrected chi connectivity index (χ3v) is 3.76. The second-order valence-corrected chi connectivity index (χ2v) is 5.83. The average molecular weight is 291 g/mol. The summed E-state index contributed by atoms with van der Waals surface area (Å²) < 4.78 is 0. The van der Waals surface area contributed by atoms with Gasteiger partial charge in [-0.15, -0.1) is 0 Å². The number of rotatable bonds is 5. The number of nitrogens with one attached hydrogen (secondary N) is 1. The molecule has 116 valence electrons. The highest BCUT2D eigenvalue weighted by molar-refractivity contribution is 5.77. The van der Waals surface area contributed by atoms with Gasteiger partial charge in [0, 0.05) is 63.6 Å². The van der Waals surface area contributed by atoms with Crippen molar-refractivity contribution in [2.24, 2.45) is 0 Å². The van der Waals surface area contributed by atoms with Gasteiger partial charge in [0.15, 0.2) is 0 Å². The molecule has 21 heavy (non-hydrogen) atoms. The first-order chi connectivity index (χ1) is 10.1. The quantitative estimate of drug-likeness (QED) is 0.854. The third kappa shape index (κ3) is 4.75. The van der Waals surface area contributed by atoms with E-state index in [1.807, 2.05) is 12.4 Å². The van der Waals surface area contributed by atoms with Gasteiger partial charge in [0.05, 0.1) is 6.54 Å². The van der Waals surface area contributed by atoms with Crippen LogP contribution in [0.2, 0.25) is 0 Å². The van der Waals surface area contributed by atoms with Crippen molar-refractivity contribution in [2.45, 2.75) is 26.3 Å². The molecule has 0 saturated carbocycles. The van der Waals surface area contributed by atoms with Crippen molar-refractivity contribution in [2.75, 3.05) is 39.8 Å². The number of hydrogen-bond donors (Lipinski definition) is 1. The highest BCUT2D eigenvalue weighted by Gasteiger charge is 2.18. The van der Waals surface area contributed by atoms with Gasteiger partial charge in [0.1, 0.15) is 5.82 Å². The Morgan fingerprint density at radius 1 is 1.19 bits per heavy atom. The van der Waals surface area contributed by atoms with Crippen LogP contribution in [0, 0.1) is 0 Å². The molecule has 1 aromatic heterocycles. The zero-order chi connectivity index (χ0) is 15.2. The molecule has 0 aliphatic carbocycles. The largest absolute Gasteiger partial charge is 0.358 e. The molecule has 0 spiro atoms. The van der Waals surface area contributed by atoms with Crippen LogP contribution in [0.4, 0.5) is 0 Å². The highest BCUT2D eigenvalue weighted by Crippen LogP contribution is 2.10. The molecule has 1 aliphatic heterocycles. The minimum absolute atomic E-state index is 0.0844. The monoisotopic (exact) mass is 291 g/mol. The molecule has 2 heterocycles. The van der Waals surface area contributed by atoms with Gasteiger partial charge >= 0.3 is 0 Å². The predicted octanol–water partition coefficient (Wildman–Crippen LogP) is 0.464. The average Bonchev–Trinajstić information content (AvgIpc) is 2.49. The van der Waals surface area contributed by atoms with Crippen LogP contribution in [-0.4, -0.2) is 65.4 Å². The van der Waals surface area contributed by atoms with Crippen LogP contribution in [-0.2, 0) is 11.3 Å². The summed E-state index contributed by atoms with van der Waals surface area (Å²) in [6.45, 7) is 9.38. The summed E-state index contributed by atoms with van der Waals surface area (Å²) in [7, 11) is 1.68. The lowest BCUT2D eigenvalue weighted by Crippen LogP contribution is -2.48. The number of hydrogen-bond acceptors (Lipinski definition) is 5. The SMILES string of the molecule is CNC(=O)CN1CCN(Cc2cnc(C(C)C)nc2)CC1. The first-order valence-corrected chi connectivity index (χ1v) is 7.54. The summed E-state index contributed by atoms with van der Waals surface area (Å²) in [4.78, 5) is 24.7. The molecule has 6 heteroatoms. The zero-order valence-corrected chi connectivity index (χ0v) is 13.2. The van der Waals surface area contributed by atoms with E-state index < -0.39 is 0 Å². The highest BCUT2D eigenvalue weighted by atomic mass is 16.1. The van der Waals surface area contributed by atoms with E-state index in [0.717, 1.165) is 44.1 Å². The fourth-order valence-electron chi connectivity index (χ4n) is 2.39. The Hall–Kier alpha value is -1.53. The maximum atomic E-state index is 11.4. The topological polar surface area (TPSA) is 61.4 Å².